The summed E-state index contributed by atoms with van der Waals surface area (Å²) in [6, 6.07) is 6.78. The average molecular weight is 306 g/mol. The minimum atomic E-state index is 1.03. The van der Waals surface area contributed by atoms with E-state index in [1.165, 1.54) is 33.3 Å². The molecule has 0 saturated carbocycles. The molecule has 4 nitrogen and oxygen atoms in total. The quantitative estimate of drug-likeness (QED) is 0.784. The third kappa shape index (κ3) is 2.39. The van der Waals surface area contributed by atoms with E-state index in [0.717, 1.165) is 25.1 Å². The van der Waals surface area contributed by atoms with Gasteiger partial charge in [0, 0.05) is 48.6 Å². The molecule has 0 radical (unpaired) electrons. The van der Waals surface area contributed by atoms with Crippen molar-refractivity contribution < 1.29 is 0 Å². The van der Waals surface area contributed by atoms with Crippen LogP contribution >= 0.6 is 0 Å². The Morgan fingerprint density at radius 2 is 2.22 bits per heavy atom. The average Bonchev–Trinajstić information content (AvgIpc) is 3.15. The van der Waals surface area contributed by atoms with Crippen LogP contribution in [-0.2, 0) is 13.0 Å². The maximum Gasteiger partial charge on any atom is 0.0562 e. The molecule has 0 saturated heterocycles. The Balaban J connectivity index is 1.94. The first-order valence-corrected chi connectivity index (χ1v) is 8.12. The molecule has 0 unspecified atom stereocenters. The number of fused-ring (bicyclic) bond motifs is 3. The summed E-state index contributed by atoms with van der Waals surface area (Å²) in [6.07, 6.45) is 7.17. The molecule has 0 bridgehead atoms. The third-order valence-electron chi connectivity index (χ3n) is 4.81. The number of aryl methyl sites for hydroxylation is 1. The van der Waals surface area contributed by atoms with Crippen molar-refractivity contribution >= 4 is 22.7 Å². The van der Waals surface area contributed by atoms with Gasteiger partial charge in [-0.1, -0.05) is 11.6 Å². The summed E-state index contributed by atoms with van der Waals surface area (Å²) in [5.74, 6) is 0. The number of likely N-dealkylation sites (N-methyl/N-ethyl adjacent to an activating group) is 1. The van der Waals surface area contributed by atoms with Crippen molar-refractivity contribution in [2.75, 3.05) is 13.6 Å². The van der Waals surface area contributed by atoms with Crippen LogP contribution in [0, 0.1) is 6.92 Å². The smallest absolute Gasteiger partial charge is 0.0562 e. The van der Waals surface area contributed by atoms with Gasteiger partial charge in [0.25, 0.3) is 0 Å². The molecule has 1 aromatic carbocycles. The Labute approximate surface area is 136 Å². The lowest BCUT2D eigenvalue weighted by Gasteiger charge is -2.23. The van der Waals surface area contributed by atoms with Crippen molar-refractivity contribution in [3.05, 3.63) is 53.0 Å². The fraction of sp³-hybridized carbons (Fsp3) is 0.316. The molecule has 3 aromatic rings. The highest BCUT2D eigenvalue weighted by Gasteiger charge is 2.21. The minimum absolute atomic E-state index is 1.03. The van der Waals surface area contributed by atoms with Crippen molar-refractivity contribution in [2.45, 2.75) is 26.8 Å². The van der Waals surface area contributed by atoms with Crippen molar-refractivity contribution in [2.24, 2.45) is 0 Å². The summed E-state index contributed by atoms with van der Waals surface area (Å²) >= 11 is 0. The number of aromatic nitrogens is 3. The Bertz CT molecular complexity index is 884. The molecule has 4 heteroatoms. The number of allylic oxidation sites excluding steroid dienone is 1. The van der Waals surface area contributed by atoms with Crippen LogP contribution in [0.4, 0.5) is 0 Å². The number of hydrogen-bond donors (Lipinski definition) is 1. The molecular weight excluding hydrogens is 284 g/mol. The van der Waals surface area contributed by atoms with Crippen molar-refractivity contribution in [3.63, 3.8) is 0 Å². The van der Waals surface area contributed by atoms with Crippen LogP contribution in [-0.4, -0.2) is 33.3 Å². The fourth-order valence-corrected chi connectivity index (χ4v) is 3.52. The number of aromatic amines is 1. The highest BCUT2D eigenvalue weighted by molar-refractivity contribution is 5.90. The van der Waals surface area contributed by atoms with Crippen LogP contribution in [0.25, 0.3) is 22.7 Å². The third-order valence-corrected chi connectivity index (χ3v) is 4.81. The molecule has 2 aromatic heterocycles. The van der Waals surface area contributed by atoms with Crippen molar-refractivity contribution in [3.8, 4) is 0 Å². The van der Waals surface area contributed by atoms with Gasteiger partial charge in [0.1, 0.15) is 0 Å². The number of nitrogens with one attached hydrogen (secondary N) is 1. The summed E-state index contributed by atoms with van der Waals surface area (Å²) in [5, 5.41) is 8.35. The molecular formula is C19H22N4. The largest absolute Gasteiger partial charge is 0.320 e. The predicted molar refractivity (Wildman–Crippen MR) is 95.1 cm³/mol. The maximum atomic E-state index is 4.06. The zero-order chi connectivity index (χ0) is 16.0. The van der Waals surface area contributed by atoms with Gasteiger partial charge in [-0.25, -0.2) is 0 Å². The highest BCUT2D eigenvalue weighted by Crippen LogP contribution is 2.32. The molecule has 118 valence electrons. The van der Waals surface area contributed by atoms with Gasteiger partial charge >= 0.3 is 0 Å². The molecule has 0 amide bonds. The van der Waals surface area contributed by atoms with E-state index in [2.05, 4.69) is 65.0 Å². The van der Waals surface area contributed by atoms with Crippen molar-refractivity contribution in [1.82, 2.24) is 19.7 Å². The van der Waals surface area contributed by atoms with E-state index in [-0.39, 0.29) is 0 Å². The van der Waals surface area contributed by atoms with Gasteiger partial charge < -0.3 is 9.47 Å². The van der Waals surface area contributed by atoms with Gasteiger partial charge in [0.2, 0.25) is 0 Å². The van der Waals surface area contributed by atoms with E-state index in [0.29, 0.717) is 0 Å². The van der Waals surface area contributed by atoms with E-state index in [1.54, 1.807) is 0 Å². The number of benzene rings is 1. The summed E-state index contributed by atoms with van der Waals surface area (Å²) < 4.78 is 2.39. The Hall–Kier alpha value is -2.33. The second-order valence-corrected chi connectivity index (χ2v) is 6.60. The monoisotopic (exact) mass is 306 g/mol. The van der Waals surface area contributed by atoms with E-state index < -0.39 is 0 Å². The molecule has 1 aliphatic heterocycles. The van der Waals surface area contributed by atoms with Crippen LogP contribution < -0.4 is 0 Å². The molecule has 0 atom stereocenters. The second kappa shape index (κ2) is 5.39. The Kier molecular flexibility index (Phi) is 3.34. The van der Waals surface area contributed by atoms with E-state index in [1.807, 2.05) is 12.4 Å². The maximum absolute atomic E-state index is 4.06. The molecule has 1 aliphatic rings. The van der Waals surface area contributed by atoms with Gasteiger partial charge in [-0.3, -0.25) is 5.10 Å². The van der Waals surface area contributed by atoms with Crippen LogP contribution in [0.5, 0.6) is 0 Å². The van der Waals surface area contributed by atoms with Gasteiger partial charge in [-0.2, -0.15) is 5.10 Å². The number of H-pyrrole nitrogens is 1. The molecule has 0 aliphatic carbocycles. The SMILES string of the molecule is C/C(=C/n1c2c(c3cc(C)ccc31)CN(C)CC2)c1cn[nH]c1. The first kappa shape index (κ1) is 14.3. The van der Waals surface area contributed by atoms with Gasteiger partial charge in [-0.05, 0) is 44.2 Å². The van der Waals surface area contributed by atoms with Crippen LogP contribution in [0.3, 0.4) is 0 Å². The minimum Gasteiger partial charge on any atom is -0.320 e. The van der Waals surface area contributed by atoms with Crippen LogP contribution in [0.15, 0.2) is 30.6 Å². The van der Waals surface area contributed by atoms with Gasteiger partial charge in [-0.15, -0.1) is 0 Å². The second-order valence-electron chi connectivity index (χ2n) is 6.60. The topological polar surface area (TPSA) is 36.9 Å². The highest BCUT2D eigenvalue weighted by atomic mass is 15.1. The molecule has 1 N–H and O–H groups in total. The standard InChI is InChI=1S/C19H22N4/c1-13-4-5-18-16(8-13)17-12-22(3)7-6-19(17)23(18)11-14(2)15-9-20-21-10-15/h4-5,8-11H,6-7,12H2,1-3H3,(H,20,21)/b14-11-. The zero-order valence-electron chi connectivity index (χ0n) is 13.9. The normalized spacial score (nSPS) is 16.0. The molecule has 4 rings (SSSR count). The lowest BCUT2D eigenvalue weighted by atomic mass is 10.0. The predicted octanol–water partition coefficient (Wildman–Crippen LogP) is 3.68. The number of nitrogens with zero attached hydrogens (tertiary/aromatic N) is 3. The molecule has 0 spiro atoms. The zero-order valence-corrected chi connectivity index (χ0v) is 13.9. The van der Waals surface area contributed by atoms with Gasteiger partial charge in [0.15, 0.2) is 0 Å². The summed E-state index contributed by atoms with van der Waals surface area (Å²) in [7, 11) is 2.20. The van der Waals surface area contributed by atoms with Crippen LogP contribution in [0.2, 0.25) is 0 Å². The van der Waals surface area contributed by atoms with E-state index in [9.17, 15) is 0 Å². The summed E-state index contributed by atoms with van der Waals surface area (Å²) in [5.41, 5.74) is 7.92. The fourth-order valence-electron chi connectivity index (χ4n) is 3.52. The molecule has 3 heterocycles. The first-order chi connectivity index (χ1) is 11.1. The van der Waals surface area contributed by atoms with Crippen LogP contribution in [0.1, 0.15) is 29.3 Å². The summed E-state index contributed by atoms with van der Waals surface area (Å²) in [4.78, 5) is 2.40. The molecule has 23 heavy (non-hydrogen) atoms. The van der Waals surface area contributed by atoms with Gasteiger partial charge in [0.05, 0.1) is 11.7 Å². The Morgan fingerprint density at radius 3 is 3.00 bits per heavy atom. The Morgan fingerprint density at radius 1 is 1.35 bits per heavy atom. The first-order valence-electron chi connectivity index (χ1n) is 8.12. The van der Waals surface area contributed by atoms with E-state index >= 15 is 0 Å². The lowest BCUT2D eigenvalue weighted by Crippen LogP contribution is -2.26. The van der Waals surface area contributed by atoms with Crippen molar-refractivity contribution in [1.29, 1.82) is 0 Å². The summed E-state index contributed by atoms with van der Waals surface area (Å²) in [6.45, 7) is 6.45. The lowest BCUT2D eigenvalue weighted by molar-refractivity contribution is 0.312. The number of hydrogen-bond acceptors (Lipinski definition) is 2. The van der Waals surface area contributed by atoms with E-state index in [4.69, 9.17) is 0 Å². The molecule has 0 fully saturated rings. The number of rotatable bonds is 2.